The van der Waals surface area contributed by atoms with E-state index in [4.69, 9.17) is 4.74 Å². The lowest BCUT2D eigenvalue weighted by molar-refractivity contribution is -0.113. The molecule has 8 heteroatoms. The minimum absolute atomic E-state index is 0.116. The van der Waals surface area contributed by atoms with Crippen LogP contribution in [0.25, 0.3) is 11.4 Å². The van der Waals surface area contributed by atoms with Crippen molar-refractivity contribution in [3.63, 3.8) is 0 Å². The molecule has 1 aromatic carbocycles. The fraction of sp³-hybridized carbons (Fsp3) is 0.316. The molecule has 0 aliphatic rings. The molecule has 0 fully saturated rings. The minimum atomic E-state index is -0.116. The van der Waals surface area contributed by atoms with Crippen LogP contribution in [0.3, 0.4) is 0 Å². The van der Waals surface area contributed by atoms with Gasteiger partial charge in [-0.05, 0) is 31.0 Å². The number of benzene rings is 1. The maximum atomic E-state index is 12.3. The van der Waals surface area contributed by atoms with Crippen molar-refractivity contribution in [1.29, 1.82) is 0 Å². The molecular weight excluding hydrogens is 380 g/mol. The lowest BCUT2D eigenvalue weighted by Gasteiger charge is -2.09. The number of aryl methyl sites for hydroxylation is 1. The summed E-state index contributed by atoms with van der Waals surface area (Å²) < 4.78 is 7.20. The van der Waals surface area contributed by atoms with Crippen molar-refractivity contribution >= 4 is 34.7 Å². The molecule has 2 aromatic heterocycles. The first-order valence-electron chi connectivity index (χ1n) is 8.57. The standard InChI is InChI=1S/C19H22N4O2S2/c1-5-13-12(2)26-10-14(13)18-21-22-19(23(18)3)27-11-17(24)20-15-8-6-7-9-16(15)25-4/h6-10H,5,11H2,1-4H3,(H,20,24). The summed E-state index contributed by atoms with van der Waals surface area (Å²) >= 11 is 3.09. The molecule has 0 aliphatic carbocycles. The number of nitrogens with one attached hydrogen (secondary N) is 1. The molecule has 0 radical (unpaired) electrons. The molecule has 0 saturated heterocycles. The van der Waals surface area contributed by atoms with Gasteiger partial charge in [-0.15, -0.1) is 21.5 Å². The van der Waals surface area contributed by atoms with Crippen LogP contribution >= 0.6 is 23.1 Å². The van der Waals surface area contributed by atoms with Gasteiger partial charge < -0.3 is 14.6 Å². The highest BCUT2D eigenvalue weighted by Crippen LogP contribution is 2.32. The van der Waals surface area contributed by atoms with Crippen molar-refractivity contribution in [2.24, 2.45) is 7.05 Å². The zero-order valence-corrected chi connectivity index (χ0v) is 17.4. The second kappa shape index (κ2) is 8.58. The topological polar surface area (TPSA) is 69.0 Å². The van der Waals surface area contributed by atoms with Gasteiger partial charge in [0.15, 0.2) is 11.0 Å². The first-order chi connectivity index (χ1) is 13.0. The Morgan fingerprint density at radius 3 is 2.85 bits per heavy atom. The van der Waals surface area contributed by atoms with Crippen LogP contribution in [0, 0.1) is 6.92 Å². The molecule has 3 aromatic rings. The zero-order chi connectivity index (χ0) is 19.4. The van der Waals surface area contributed by atoms with Gasteiger partial charge in [0.2, 0.25) is 5.91 Å². The number of anilines is 1. The quantitative estimate of drug-likeness (QED) is 0.601. The largest absolute Gasteiger partial charge is 0.495 e. The molecule has 0 atom stereocenters. The van der Waals surface area contributed by atoms with E-state index in [1.54, 1.807) is 18.4 Å². The Hall–Kier alpha value is -2.32. The predicted molar refractivity (Wildman–Crippen MR) is 111 cm³/mol. The number of methoxy groups -OCH3 is 1. The van der Waals surface area contributed by atoms with Crippen molar-refractivity contribution in [3.8, 4) is 17.1 Å². The van der Waals surface area contributed by atoms with E-state index in [1.807, 2.05) is 35.9 Å². The van der Waals surface area contributed by atoms with Gasteiger partial charge in [-0.2, -0.15) is 0 Å². The van der Waals surface area contributed by atoms with Crippen LogP contribution in [0.4, 0.5) is 5.69 Å². The Labute approximate surface area is 167 Å². The molecule has 0 unspecified atom stereocenters. The van der Waals surface area contributed by atoms with Crippen LogP contribution in [-0.2, 0) is 18.3 Å². The summed E-state index contributed by atoms with van der Waals surface area (Å²) in [6, 6.07) is 7.34. The fourth-order valence-electron chi connectivity index (χ4n) is 2.85. The van der Waals surface area contributed by atoms with E-state index in [2.05, 4.69) is 34.7 Å². The molecule has 1 amide bonds. The highest BCUT2D eigenvalue weighted by molar-refractivity contribution is 7.99. The van der Waals surface area contributed by atoms with E-state index in [9.17, 15) is 4.79 Å². The van der Waals surface area contributed by atoms with E-state index in [0.717, 1.165) is 17.8 Å². The summed E-state index contributed by atoms with van der Waals surface area (Å²) in [5, 5.41) is 14.3. The van der Waals surface area contributed by atoms with E-state index in [0.29, 0.717) is 16.6 Å². The van der Waals surface area contributed by atoms with E-state index >= 15 is 0 Å². The van der Waals surface area contributed by atoms with E-state index in [-0.39, 0.29) is 11.7 Å². The number of aromatic nitrogens is 3. The number of rotatable bonds is 7. The summed E-state index contributed by atoms with van der Waals surface area (Å²) in [6.45, 7) is 4.27. The fourth-order valence-corrected chi connectivity index (χ4v) is 4.50. The molecule has 142 valence electrons. The Kier molecular flexibility index (Phi) is 6.18. The lowest BCUT2D eigenvalue weighted by Crippen LogP contribution is -2.15. The maximum absolute atomic E-state index is 12.3. The molecule has 0 spiro atoms. The molecule has 0 aliphatic heterocycles. The first kappa shape index (κ1) is 19.4. The Morgan fingerprint density at radius 2 is 2.11 bits per heavy atom. The maximum Gasteiger partial charge on any atom is 0.234 e. The Morgan fingerprint density at radius 1 is 1.33 bits per heavy atom. The average molecular weight is 403 g/mol. The summed E-state index contributed by atoms with van der Waals surface area (Å²) in [4.78, 5) is 13.6. The highest BCUT2D eigenvalue weighted by Gasteiger charge is 2.17. The molecule has 3 rings (SSSR count). The molecule has 27 heavy (non-hydrogen) atoms. The predicted octanol–water partition coefficient (Wildman–Crippen LogP) is 4.15. The van der Waals surface area contributed by atoms with Crippen molar-refractivity contribution in [3.05, 3.63) is 40.1 Å². The number of para-hydroxylation sites is 2. The first-order valence-corrected chi connectivity index (χ1v) is 10.4. The van der Waals surface area contributed by atoms with Crippen molar-refractivity contribution < 1.29 is 9.53 Å². The highest BCUT2D eigenvalue weighted by atomic mass is 32.2. The third-order valence-corrected chi connectivity index (χ3v) is 6.22. The Balaban J connectivity index is 1.68. The van der Waals surface area contributed by atoms with Gasteiger partial charge in [0, 0.05) is 22.9 Å². The van der Waals surface area contributed by atoms with Crippen molar-refractivity contribution in [1.82, 2.24) is 14.8 Å². The second-order valence-electron chi connectivity index (χ2n) is 5.94. The SMILES string of the molecule is CCc1c(-c2nnc(SCC(=O)Nc3ccccc3OC)n2C)csc1C. The van der Waals surface area contributed by atoms with Crippen LogP contribution in [0.5, 0.6) is 5.75 Å². The van der Waals surface area contributed by atoms with Gasteiger partial charge in [-0.1, -0.05) is 30.8 Å². The third-order valence-electron chi connectivity index (χ3n) is 4.25. The summed E-state index contributed by atoms with van der Waals surface area (Å²) in [5.74, 6) is 1.60. The van der Waals surface area contributed by atoms with Gasteiger partial charge >= 0.3 is 0 Å². The number of carbonyl (C=O) groups excluding carboxylic acids is 1. The average Bonchev–Trinajstić information content (AvgIpc) is 3.22. The molecule has 6 nitrogen and oxygen atoms in total. The number of nitrogens with zero attached hydrogens (tertiary/aromatic N) is 3. The number of amides is 1. The van der Waals surface area contributed by atoms with Crippen molar-refractivity contribution in [2.75, 3.05) is 18.2 Å². The van der Waals surface area contributed by atoms with Crippen molar-refractivity contribution in [2.45, 2.75) is 25.4 Å². The van der Waals surface area contributed by atoms with E-state index < -0.39 is 0 Å². The molecule has 1 N–H and O–H groups in total. The summed E-state index contributed by atoms with van der Waals surface area (Å²) in [5.41, 5.74) is 3.09. The second-order valence-corrected chi connectivity index (χ2v) is 7.97. The number of hydrogen-bond donors (Lipinski definition) is 1. The molecule has 0 saturated carbocycles. The zero-order valence-electron chi connectivity index (χ0n) is 15.8. The summed E-state index contributed by atoms with van der Waals surface area (Å²) in [7, 11) is 3.51. The number of carbonyl (C=O) groups is 1. The van der Waals surface area contributed by atoms with Gasteiger partial charge in [0.05, 0.1) is 18.6 Å². The van der Waals surface area contributed by atoms with Crippen LogP contribution in [0.2, 0.25) is 0 Å². The number of ether oxygens (including phenoxy) is 1. The van der Waals surface area contributed by atoms with Crippen LogP contribution in [-0.4, -0.2) is 33.5 Å². The van der Waals surface area contributed by atoms with Gasteiger partial charge in [-0.25, -0.2) is 0 Å². The molecule has 2 heterocycles. The lowest BCUT2D eigenvalue weighted by atomic mass is 10.1. The number of thioether (sulfide) groups is 1. The van der Waals surface area contributed by atoms with Gasteiger partial charge in [0.25, 0.3) is 0 Å². The van der Waals surface area contributed by atoms with Crippen LogP contribution in [0.1, 0.15) is 17.4 Å². The smallest absolute Gasteiger partial charge is 0.234 e. The number of hydrogen-bond acceptors (Lipinski definition) is 6. The van der Waals surface area contributed by atoms with E-state index in [1.165, 1.54) is 22.2 Å². The monoisotopic (exact) mass is 402 g/mol. The number of thiophene rings is 1. The third kappa shape index (κ3) is 4.17. The minimum Gasteiger partial charge on any atom is -0.495 e. The van der Waals surface area contributed by atoms with Crippen LogP contribution in [0.15, 0.2) is 34.8 Å². The molecule has 0 bridgehead atoms. The normalized spacial score (nSPS) is 10.8. The van der Waals surface area contributed by atoms with Gasteiger partial charge in [0.1, 0.15) is 5.75 Å². The van der Waals surface area contributed by atoms with Gasteiger partial charge in [-0.3, -0.25) is 4.79 Å². The van der Waals surface area contributed by atoms with Crippen LogP contribution < -0.4 is 10.1 Å². The Bertz CT molecular complexity index is 949. The molecular formula is C19H22N4O2S2. The summed E-state index contributed by atoms with van der Waals surface area (Å²) in [6.07, 6.45) is 0.960.